The first-order valence-electron chi connectivity index (χ1n) is 46.7. The van der Waals surface area contributed by atoms with E-state index >= 15 is 0 Å². The van der Waals surface area contributed by atoms with Gasteiger partial charge in [0, 0.05) is 54.0 Å². The van der Waals surface area contributed by atoms with Crippen LogP contribution in [-0.2, 0) is 21.1 Å². The predicted molar refractivity (Wildman–Crippen MR) is 408 cm³/mol. The molecule has 3 aromatic heterocycles. The Morgan fingerprint density at radius 2 is 0.929 bits per heavy atom. The summed E-state index contributed by atoms with van der Waals surface area (Å²) in [5.41, 5.74) is -1.95. The first-order valence-corrected chi connectivity index (χ1v) is 34.7. The van der Waals surface area contributed by atoms with Crippen LogP contribution in [0.15, 0.2) is 369 Å². The second kappa shape index (κ2) is 26.8. The largest absolute Gasteiger partial charge is 0.510 e. The normalized spacial score (nSPS) is 16.3. The molecule has 17 aromatic rings. The number of hydrogen-bond acceptors (Lipinski definition) is 2. The van der Waals surface area contributed by atoms with Gasteiger partial charge in [-0.2, -0.15) is 18.2 Å². The van der Waals surface area contributed by atoms with Crippen LogP contribution in [0.1, 0.15) is 49.4 Å². The zero-order chi connectivity index (χ0) is 93.1. The first-order chi connectivity index (χ1) is 61.8. The molecule has 0 spiro atoms. The molecule has 8 heteroatoms. The third kappa shape index (κ3) is 11.0. The quantitative estimate of drug-likeness (QED) is 0.0418. The molecule has 0 saturated heterocycles. The van der Waals surface area contributed by atoms with Crippen LogP contribution in [0.4, 0.5) is 0 Å². The van der Waals surface area contributed by atoms with E-state index in [0.717, 1.165) is 20.7 Å². The fourth-order valence-electron chi connectivity index (χ4n) is 13.1. The Balaban J connectivity index is 0.0000125. The number of rotatable bonds is 16. The van der Waals surface area contributed by atoms with Gasteiger partial charge in [0.25, 0.3) is 6.33 Å². The number of ether oxygens (including phenoxy) is 1. The summed E-state index contributed by atoms with van der Waals surface area (Å²) in [4.78, 5) is 4.87. The number of hydrogen-bond donors (Lipinski definition) is 0. The summed E-state index contributed by atoms with van der Waals surface area (Å²) in [6.07, 6.45) is 4.49. The van der Waals surface area contributed by atoms with Gasteiger partial charge in [0.1, 0.15) is 5.82 Å². The van der Waals surface area contributed by atoms with Crippen LogP contribution in [0.5, 0.6) is 11.5 Å². The molecule has 0 aliphatic heterocycles. The molecule has 0 radical (unpaired) electrons. The fraction of sp³-hybridized carbons (Fsp3) is 0.0110. The van der Waals surface area contributed by atoms with E-state index in [1.165, 1.54) is 39.6 Å². The second-order valence-electron chi connectivity index (χ2n) is 22.6. The third-order valence-corrected chi connectivity index (χ3v) is 26.1. The molecule has 0 saturated carbocycles. The van der Waals surface area contributed by atoms with Crippen molar-refractivity contribution in [3.63, 3.8) is 0 Å². The van der Waals surface area contributed by atoms with Crippen molar-refractivity contribution in [3.8, 4) is 62.1 Å². The number of aryl methyl sites for hydroxylation is 1. The molecule has 0 aliphatic carbocycles. The van der Waals surface area contributed by atoms with E-state index in [9.17, 15) is 24.7 Å². The SMILES string of the molecule is [2H]c1c([2H])c([2H])c(-c2cnc(-n3c4[c-]c(Oc5[c-]c(-n6[c-][n+](-c7c(-c8c([2H])c([2H])c([2H])c([2H])c8[2H])cccc7-c7c([2H])c([2H])c([2H])c([Si](c8c([2H])c([2H])c([2H])c([2H])c8[2H])(c8c([2H])c([2H])c([2H])c([2H])c8[2H])c8c([2H])c([2H])c([2H])c([2H])c8[2H])c7[2H])c7ccccc76)ccc5)ccc4c4cc([Si](c5ccccc5)(c5ccccc5)c5ccccc5)ccc43)cc2C([2H])([2H])[2H])c([2H])c1[2H].[Pt]. The number of pyridine rings is 1. The average molecular weight is 1510 g/mol. The number of imidazole rings is 1. The molecular formula is C91H64N4OPtSi2-2. The molecule has 0 atom stereocenters. The Morgan fingerprint density at radius 3 is 1.54 bits per heavy atom. The number of fused-ring (bicyclic) bond motifs is 4. The summed E-state index contributed by atoms with van der Waals surface area (Å²) in [5, 5.41) is 0.970. The van der Waals surface area contributed by atoms with Gasteiger partial charge in [-0.15, -0.1) is 29.7 Å². The summed E-state index contributed by atoms with van der Waals surface area (Å²) in [6, 6.07) is 33.5. The first kappa shape index (κ1) is 36.1. The van der Waals surface area contributed by atoms with Gasteiger partial charge in [0.2, 0.25) is 0 Å². The molecular weight excluding hydrogens is 1420 g/mol. The van der Waals surface area contributed by atoms with Gasteiger partial charge in [-0.1, -0.05) is 326 Å². The fourth-order valence-corrected chi connectivity index (χ4v) is 21.5. The topological polar surface area (TPSA) is 35.9 Å². The van der Waals surface area contributed by atoms with E-state index in [0.29, 0.717) is 21.8 Å². The minimum absolute atomic E-state index is 0. The van der Waals surface area contributed by atoms with Crippen LogP contribution in [0, 0.1) is 25.3 Å². The molecule has 0 bridgehead atoms. The third-order valence-electron chi connectivity index (χ3n) is 17.3. The predicted octanol–water partition coefficient (Wildman–Crippen LogP) is 15.7. The van der Waals surface area contributed by atoms with Gasteiger partial charge < -0.3 is 13.9 Å². The van der Waals surface area contributed by atoms with E-state index in [1.807, 2.05) is 66.7 Å². The smallest absolute Gasteiger partial charge is 0.268 e. The van der Waals surface area contributed by atoms with E-state index in [2.05, 4.69) is 60.9 Å². The molecule has 3 heterocycles. The molecule has 17 rings (SSSR count). The van der Waals surface area contributed by atoms with Crippen molar-refractivity contribution in [1.82, 2.24) is 14.1 Å². The zero-order valence-corrected chi connectivity index (χ0v) is 55.8. The standard InChI is InChI=1S/C91H64N4OSi2.Pt/c1-66-59-90(92-64-85(66)68-33-12-3-13-34-68)95-86-58-56-80(98(76-44-20-7-21-45-76,77-46-22-8-23-47-77)78-48-24-9-25-49-78)63-84(86)83-57-55-72(62-89(83)95)96-71-37-29-36-70(61-71)93-65-94(88-54-27-26-53-87(88)93)91-81(67-31-10-2-11-32-67)51-30-52-82(91)69-35-28-50-79(60-69)97(73-38-14-4-15-39-73,74-40-16-5-17-41-74)75-42-18-6-19-43-75;/h2-60,63-64H,1H3;/q-2;/i1D3,2D,3D,4D,5D,6D,10D,11D,12D,13D,14D,15D,16D,17D,18D,19D,28D,31D,32D,33D,34D,35D,38D,39D,40D,41D,42D,43D,50D,60D;. The van der Waals surface area contributed by atoms with Crippen molar-refractivity contribution in [3.05, 3.63) is 394 Å². The molecule has 0 unspecified atom stereocenters. The van der Waals surface area contributed by atoms with Crippen LogP contribution in [0.2, 0.25) is 0 Å². The van der Waals surface area contributed by atoms with Gasteiger partial charge in [-0.25, -0.2) is 4.98 Å². The molecule has 0 amide bonds. The van der Waals surface area contributed by atoms with Gasteiger partial charge >= 0.3 is 0 Å². The Kier molecular flexibility index (Phi) is 9.78. The number of aromatic nitrogens is 4. The number of nitrogens with zero attached hydrogens (tertiary/aromatic N) is 4. The van der Waals surface area contributed by atoms with E-state index in [4.69, 9.17) is 28.9 Å². The Morgan fingerprint density at radius 1 is 0.414 bits per heavy atom. The van der Waals surface area contributed by atoms with Crippen LogP contribution in [0.25, 0.3) is 83.4 Å². The van der Waals surface area contributed by atoms with E-state index in [-0.39, 0.29) is 77.5 Å². The zero-order valence-electron chi connectivity index (χ0n) is 83.5. The van der Waals surface area contributed by atoms with Crippen molar-refractivity contribution < 1.29 is 74.2 Å². The molecule has 99 heavy (non-hydrogen) atoms. The second-order valence-corrected chi connectivity index (χ2v) is 29.9. The summed E-state index contributed by atoms with van der Waals surface area (Å²) < 4.78 is 309. The molecule has 0 N–H and O–H groups in total. The van der Waals surface area contributed by atoms with E-state index < -0.39 is 241 Å². The average Bonchev–Trinajstić information content (AvgIpc) is 1.19. The molecule has 0 aliphatic rings. The Labute approximate surface area is 638 Å². The maximum atomic E-state index is 10.9. The van der Waals surface area contributed by atoms with Gasteiger partial charge in [0.15, 0.2) is 16.1 Å². The Hall–Kier alpha value is -11.6. The molecule has 0 fully saturated rings. The number of benzene rings is 14. The Bertz CT molecular complexity index is 7300. The van der Waals surface area contributed by atoms with E-state index in [1.54, 1.807) is 59.2 Å². The van der Waals surface area contributed by atoms with Crippen LogP contribution in [0.3, 0.4) is 0 Å². The number of para-hydroxylation sites is 3. The molecule has 5 nitrogen and oxygen atoms in total. The minimum Gasteiger partial charge on any atom is -0.510 e. The summed E-state index contributed by atoms with van der Waals surface area (Å²) in [5.74, 6) is 0.0826. The maximum absolute atomic E-state index is 10.9. The maximum Gasteiger partial charge on any atom is 0.268 e. The van der Waals surface area contributed by atoms with Crippen molar-refractivity contribution >= 4 is 90.5 Å². The summed E-state index contributed by atoms with van der Waals surface area (Å²) in [6.45, 7) is -2.99. The minimum atomic E-state index is -6.46. The summed E-state index contributed by atoms with van der Waals surface area (Å²) >= 11 is 0. The monoisotopic (exact) mass is 1510 g/mol. The van der Waals surface area contributed by atoms with Crippen molar-refractivity contribution in [1.29, 1.82) is 0 Å². The van der Waals surface area contributed by atoms with Crippen LogP contribution >= 0.6 is 0 Å². The van der Waals surface area contributed by atoms with Crippen molar-refractivity contribution in [2.75, 3.05) is 0 Å². The molecule has 14 aromatic carbocycles. The van der Waals surface area contributed by atoms with Gasteiger partial charge in [-0.3, -0.25) is 4.57 Å². The van der Waals surface area contributed by atoms with Crippen molar-refractivity contribution in [2.45, 2.75) is 6.85 Å². The van der Waals surface area contributed by atoms with Gasteiger partial charge in [0.05, 0.1) is 56.5 Å². The van der Waals surface area contributed by atoms with Crippen LogP contribution in [-0.4, -0.2) is 30.3 Å². The van der Waals surface area contributed by atoms with Crippen LogP contribution < -0.4 is 50.8 Å². The van der Waals surface area contributed by atoms with Gasteiger partial charge in [-0.05, 0) is 105 Å². The summed E-state index contributed by atoms with van der Waals surface area (Å²) in [7, 11) is -9.75. The van der Waals surface area contributed by atoms with Crippen molar-refractivity contribution in [2.24, 2.45) is 0 Å². The molecule has 474 valence electrons.